The van der Waals surface area contributed by atoms with Gasteiger partial charge in [-0.1, -0.05) is 6.58 Å². The van der Waals surface area contributed by atoms with Crippen LogP contribution in [0, 0.1) is 35.3 Å². The number of carbonyl (C=O) groups is 1. The van der Waals surface area contributed by atoms with Gasteiger partial charge in [0.1, 0.15) is 29.1 Å². The fourth-order valence-corrected chi connectivity index (χ4v) is 6.89. The van der Waals surface area contributed by atoms with E-state index >= 15 is 4.39 Å². The number of hydrogen-bond acceptors (Lipinski definition) is 6. The van der Waals surface area contributed by atoms with Crippen molar-refractivity contribution in [2.75, 3.05) is 31.1 Å². The number of anilines is 1. The summed E-state index contributed by atoms with van der Waals surface area (Å²) in [5.41, 5.74) is 6.30. The van der Waals surface area contributed by atoms with Crippen LogP contribution in [0.5, 0.6) is 0 Å². The van der Waals surface area contributed by atoms with Crippen LogP contribution in [0.15, 0.2) is 36.4 Å². The summed E-state index contributed by atoms with van der Waals surface area (Å²) in [6.07, 6.45) is 5.50. The molecule has 0 radical (unpaired) electrons. The fourth-order valence-electron chi connectivity index (χ4n) is 6.03. The van der Waals surface area contributed by atoms with Gasteiger partial charge in [0.25, 0.3) is 0 Å². The van der Waals surface area contributed by atoms with Crippen LogP contribution in [-0.2, 0) is 11.2 Å². The van der Waals surface area contributed by atoms with Crippen molar-refractivity contribution in [2.24, 2.45) is 5.41 Å². The van der Waals surface area contributed by atoms with Crippen LogP contribution < -0.4 is 4.90 Å². The molecular formula is C29H25F2N5OS. The minimum absolute atomic E-state index is 0.0645. The molecular weight excluding hydrogens is 504 g/mol. The number of hydrogen-bond donors (Lipinski definition) is 0. The third-order valence-corrected chi connectivity index (χ3v) is 8.90. The summed E-state index contributed by atoms with van der Waals surface area (Å²) >= 11 is 1.58. The Morgan fingerprint density at radius 1 is 1.26 bits per heavy atom. The van der Waals surface area contributed by atoms with E-state index in [9.17, 15) is 14.4 Å². The maximum Gasteiger partial charge on any atom is 0.245 e. The van der Waals surface area contributed by atoms with E-state index in [1.807, 2.05) is 18.5 Å². The Kier molecular flexibility index (Phi) is 5.88. The van der Waals surface area contributed by atoms with Crippen molar-refractivity contribution in [3.05, 3.63) is 75.4 Å². The minimum Gasteiger partial charge on any atom is -0.355 e. The van der Waals surface area contributed by atoms with Crippen molar-refractivity contribution in [2.45, 2.75) is 26.2 Å². The summed E-state index contributed by atoms with van der Waals surface area (Å²) in [4.78, 5) is 26.4. The van der Waals surface area contributed by atoms with E-state index in [0.717, 1.165) is 34.2 Å². The molecule has 1 aromatic carbocycles. The summed E-state index contributed by atoms with van der Waals surface area (Å²) in [5, 5.41) is 10.4. The van der Waals surface area contributed by atoms with Crippen LogP contribution in [-0.4, -0.2) is 47.0 Å². The SMILES string of the molecule is C=CC(=O)N1CC2(CCN(c3nc4c(c(-c5ccc(F)cc5F)c3C#N)CCC(c3scnc3C)=C4)C2)C1. The van der Waals surface area contributed by atoms with Crippen LogP contribution in [0.3, 0.4) is 0 Å². The number of nitrogens with zero attached hydrogens (tertiary/aromatic N) is 5. The van der Waals surface area contributed by atoms with E-state index in [4.69, 9.17) is 4.98 Å². The number of benzene rings is 1. The molecule has 2 fully saturated rings. The third-order valence-electron chi connectivity index (χ3n) is 7.89. The van der Waals surface area contributed by atoms with E-state index in [2.05, 4.69) is 22.5 Å². The number of fused-ring (bicyclic) bond motifs is 1. The summed E-state index contributed by atoms with van der Waals surface area (Å²) in [6.45, 7) is 8.13. The molecule has 0 atom stereocenters. The van der Waals surface area contributed by atoms with Gasteiger partial charge in [0.2, 0.25) is 5.91 Å². The number of thiazole rings is 1. The van der Waals surface area contributed by atoms with E-state index in [-0.39, 0.29) is 16.9 Å². The molecule has 0 unspecified atom stereocenters. The molecule has 192 valence electrons. The number of aryl methyl sites for hydroxylation is 1. The van der Waals surface area contributed by atoms with Gasteiger partial charge in [-0.05, 0) is 61.6 Å². The summed E-state index contributed by atoms with van der Waals surface area (Å²) in [6, 6.07) is 5.80. The monoisotopic (exact) mass is 529 g/mol. The zero-order valence-electron chi connectivity index (χ0n) is 20.9. The van der Waals surface area contributed by atoms with Crippen LogP contribution in [0.25, 0.3) is 22.8 Å². The molecule has 6 rings (SSSR count). The second-order valence-corrected chi connectivity index (χ2v) is 11.1. The molecule has 6 nitrogen and oxygen atoms in total. The number of rotatable bonds is 4. The molecule has 2 saturated heterocycles. The van der Waals surface area contributed by atoms with Crippen LogP contribution >= 0.6 is 11.3 Å². The molecule has 9 heteroatoms. The van der Waals surface area contributed by atoms with E-state index in [1.54, 1.807) is 16.2 Å². The van der Waals surface area contributed by atoms with Gasteiger partial charge in [-0.15, -0.1) is 11.3 Å². The van der Waals surface area contributed by atoms with Crippen molar-refractivity contribution < 1.29 is 13.6 Å². The molecule has 0 N–H and O–H groups in total. The second kappa shape index (κ2) is 9.14. The Labute approximate surface area is 223 Å². The molecule has 1 aliphatic carbocycles. The number of pyridine rings is 1. The first-order valence-electron chi connectivity index (χ1n) is 12.5. The Bertz CT molecular complexity index is 1560. The summed E-state index contributed by atoms with van der Waals surface area (Å²) in [7, 11) is 0. The van der Waals surface area contributed by atoms with Gasteiger partial charge in [0.05, 0.1) is 21.8 Å². The first kappa shape index (κ1) is 24.4. The van der Waals surface area contributed by atoms with E-state index < -0.39 is 11.6 Å². The number of nitriles is 1. The molecule has 1 amide bonds. The predicted octanol–water partition coefficient (Wildman–Crippen LogP) is 5.37. The first-order chi connectivity index (χ1) is 18.3. The summed E-state index contributed by atoms with van der Waals surface area (Å²) in [5.74, 6) is -0.942. The van der Waals surface area contributed by atoms with Gasteiger partial charge in [0.15, 0.2) is 0 Å². The summed E-state index contributed by atoms with van der Waals surface area (Å²) < 4.78 is 29.0. The van der Waals surface area contributed by atoms with Gasteiger partial charge in [-0.2, -0.15) is 5.26 Å². The number of likely N-dealkylation sites (tertiary alicyclic amines) is 1. The molecule has 3 aromatic rings. The van der Waals surface area contributed by atoms with Gasteiger partial charge in [-0.25, -0.2) is 18.7 Å². The highest BCUT2D eigenvalue weighted by atomic mass is 32.1. The van der Waals surface area contributed by atoms with Crippen molar-refractivity contribution in [1.29, 1.82) is 5.26 Å². The molecule has 2 aromatic heterocycles. The van der Waals surface area contributed by atoms with Crippen molar-refractivity contribution in [3.63, 3.8) is 0 Å². The maximum atomic E-state index is 15.2. The molecule has 2 aliphatic heterocycles. The van der Waals surface area contributed by atoms with Crippen LogP contribution in [0.2, 0.25) is 0 Å². The van der Waals surface area contributed by atoms with Crippen molar-refractivity contribution in [1.82, 2.24) is 14.9 Å². The molecule has 1 spiro atoms. The topological polar surface area (TPSA) is 73.1 Å². The lowest BCUT2D eigenvalue weighted by Gasteiger charge is -2.47. The maximum absolute atomic E-state index is 15.2. The molecule has 0 bridgehead atoms. The normalized spacial score (nSPS) is 17.6. The fraction of sp³-hybridized carbons (Fsp3) is 0.310. The molecule has 0 saturated carbocycles. The molecule has 4 heterocycles. The number of aromatic nitrogens is 2. The average Bonchev–Trinajstić information content (AvgIpc) is 3.53. The Hall–Kier alpha value is -3.90. The van der Waals surface area contributed by atoms with Crippen LogP contribution in [0.4, 0.5) is 14.6 Å². The average molecular weight is 530 g/mol. The highest BCUT2D eigenvalue weighted by molar-refractivity contribution is 7.11. The quantitative estimate of drug-likeness (QED) is 0.425. The zero-order chi connectivity index (χ0) is 26.6. The second-order valence-electron chi connectivity index (χ2n) is 10.3. The van der Waals surface area contributed by atoms with Crippen molar-refractivity contribution >= 4 is 34.7 Å². The lowest BCUT2D eigenvalue weighted by atomic mass is 9.79. The largest absolute Gasteiger partial charge is 0.355 e. The van der Waals surface area contributed by atoms with Gasteiger partial charge >= 0.3 is 0 Å². The first-order valence-corrected chi connectivity index (χ1v) is 13.4. The lowest BCUT2D eigenvalue weighted by Crippen LogP contribution is -2.59. The number of carbonyl (C=O) groups excluding carboxylic acids is 1. The van der Waals surface area contributed by atoms with Crippen molar-refractivity contribution in [3.8, 4) is 17.2 Å². The Morgan fingerprint density at radius 3 is 2.76 bits per heavy atom. The Morgan fingerprint density at radius 2 is 2.08 bits per heavy atom. The number of halogens is 2. The third kappa shape index (κ3) is 3.91. The van der Waals surface area contributed by atoms with Gasteiger partial charge < -0.3 is 9.80 Å². The van der Waals surface area contributed by atoms with Gasteiger partial charge in [0, 0.05) is 48.8 Å². The van der Waals surface area contributed by atoms with Crippen LogP contribution in [0.1, 0.15) is 40.2 Å². The molecule has 38 heavy (non-hydrogen) atoms. The van der Waals surface area contributed by atoms with E-state index in [0.29, 0.717) is 61.7 Å². The standard InChI is InChI=1S/C29H25F2N5OS/c1-3-25(37)36-14-29(15-36)8-9-35(13-29)28-22(12-32)26(20-7-5-19(30)11-23(20)31)21-6-4-18(10-24(21)34-28)27-17(2)33-16-38-27/h3,5,7,10-11,16H,1,4,6,8-9,13-15H2,2H3. The highest BCUT2D eigenvalue weighted by Crippen LogP contribution is 2.45. The number of allylic oxidation sites excluding steroid dienone is 1. The Balaban J connectivity index is 1.48. The van der Waals surface area contributed by atoms with E-state index in [1.165, 1.54) is 18.2 Å². The molecule has 3 aliphatic rings. The minimum atomic E-state index is -0.704. The zero-order valence-corrected chi connectivity index (χ0v) is 21.7. The highest BCUT2D eigenvalue weighted by Gasteiger charge is 2.49. The predicted molar refractivity (Wildman–Crippen MR) is 143 cm³/mol. The lowest BCUT2D eigenvalue weighted by molar-refractivity contribution is -0.136. The van der Waals surface area contributed by atoms with Gasteiger partial charge in [-0.3, -0.25) is 4.79 Å². The number of amides is 1. The smallest absolute Gasteiger partial charge is 0.245 e.